The predicted molar refractivity (Wildman–Crippen MR) is 64.6 cm³/mol. The number of carbonyl (C=O) groups is 1. The van der Waals surface area contributed by atoms with Crippen LogP contribution in [-0.2, 0) is 16.9 Å². The van der Waals surface area contributed by atoms with E-state index in [-0.39, 0.29) is 0 Å². The van der Waals surface area contributed by atoms with Crippen LogP contribution >= 0.6 is 0 Å². The molecule has 0 saturated carbocycles. The molecule has 0 aromatic heterocycles. The fourth-order valence-electron chi connectivity index (χ4n) is 2.07. The van der Waals surface area contributed by atoms with Gasteiger partial charge in [-0.25, -0.2) is 4.79 Å². The zero-order valence-electron chi connectivity index (χ0n) is 10.7. The van der Waals surface area contributed by atoms with Crippen LogP contribution in [0.2, 0.25) is 0 Å². The van der Waals surface area contributed by atoms with Crippen molar-refractivity contribution >= 4 is 5.97 Å². The number of benzene rings is 1. The molecule has 1 aliphatic rings. The normalized spacial score (nSPS) is 23.5. The topological polar surface area (TPSA) is 46.5 Å². The first kappa shape index (κ1) is 12.1. The van der Waals surface area contributed by atoms with Crippen molar-refractivity contribution in [3.63, 3.8) is 0 Å². The third-order valence-corrected chi connectivity index (χ3v) is 3.33. The van der Waals surface area contributed by atoms with Crippen LogP contribution in [0.4, 0.5) is 0 Å². The van der Waals surface area contributed by atoms with E-state index in [1.54, 1.807) is 6.07 Å². The maximum absolute atomic E-state index is 11.7. The van der Waals surface area contributed by atoms with Gasteiger partial charge < -0.3 is 9.84 Å². The number of hydrogen-bond donors (Lipinski definition) is 1. The fraction of sp³-hybridized carbons (Fsp3) is 0.500. The lowest BCUT2D eigenvalue weighted by atomic mass is 9.80. The monoisotopic (exact) mass is 234 g/mol. The minimum absolute atomic E-state index is 0.444. The molecule has 0 bridgehead atoms. The number of aryl methyl sites for hydroxylation is 1. The van der Waals surface area contributed by atoms with Crippen LogP contribution in [0.3, 0.4) is 0 Å². The summed E-state index contributed by atoms with van der Waals surface area (Å²) in [5, 5.41) is 10.6. The van der Waals surface area contributed by atoms with E-state index in [0.29, 0.717) is 11.1 Å². The van der Waals surface area contributed by atoms with E-state index < -0.39 is 17.2 Å². The van der Waals surface area contributed by atoms with Crippen LogP contribution < -0.4 is 0 Å². The molecule has 0 aliphatic carbocycles. The molecule has 0 saturated heterocycles. The van der Waals surface area contributed by atoms with Gasteiger partial charge in [-0.05, 0) is 24.1 Å². The third kappa shape index (κ3) is 1.65. The maximum Gasteiger partial charge on any atom is 0.341 e. The van der Waals surface area contributed by atoms with Crippen molar-refractivity contribution in [2.24, 2.45) is 5.41 Å². The van der Waals surface area contributed by atoms with E-state index in [4.69, 9.17) is 4.74 Å². The molecule has 1 N–H and O–H groups in total. The lowest BCUT2D eigenvalue weighted by Crippen LogP contribution is -2.40. The molecule has 1 heterocycles. The summed E-state index contributed by atoms with van der Waals surface area (Å²) < 4.78 is 5.20. The molecular weight excluding hydrogens is 216 g/mol. The van der Waals surface area contributed by atoms with Crippen molar-refractivity contribution in [1.82, 2.24) is 0 Å². The first-order valence-corrected chi connectivity index (χ1v) is 5.88. The first-order chi connectivity index (χ1) is 7.79. The number of rotatable bonds is 1. The van der Waals surface area contributed by atoms with E-state index in [2.05, 4.69) is 0 Å². The Morgan fingerprint density at radius 3 is 2.53 bits per heavy atom. The summed E-state index contributed by atoms with van der Waals surface area (Å²) in [4.78, 5) is 11.7. The van der Waals surface area contributed by atoms with Gasteiger partial charge >= 0.3 is 5.97 Å². The summed E-state index contributed by atoms with van der Waals surface area (Å²) in [6.07, 6.45) is 0.863. The van der Waals surface area contributed by atoms with Gasteiger partial charge in [0.25, 0.3) is 0 Å². The van der Waals surface area contributed by atoms with Crippen molar-refractivity contribution in [2.75, 3.05) is 0 Å². The number of ether oxygens (including phenoxy) is 1. The van der Waals surface area contributed by atoms with E-state index in [1.165, 1.54) is 0 Å². The molecule has 0 radical (unpaired) electrons. The van der Waals surface area contributed by atoms with Crippen LogP contribution in [0.25, 0.3) is 0 Å². The molecule has 3 heteroatoms. The molecule has 1 unspecified atom stereocenters. The summed E-state index contributed by atoms with van der Waals surface area (Å²) in [5.41, 5.74) is 1.60. The number of fused-ring (bicyclic) bond motifs is 1. The van der Waals surface area contributed by atoms with Crippen LogP contribution in [0, 0.1) is 5.41 Å². The summed E-state index contributed by atoms with van der Waals surface area (Å²) in [7, 11) is 0. The highest BCUT2D eigenvalue weighted by molar-refractivity contribution is 5.94. The molecule has 92 valence electrons. The second-order valence-corrected chi connectivity index (χ2v) is 5.52. The Morgan fingerprint density at radius 2 is 2.00 bits per heavy atom. The maximum atomic E-state index is 11.7. The van der Waals surface area contributed by atoms with Crippen molar-refractivity contribution in [3.05, 3.63) is 34.9 Å². The van der Waals surface area contributed by atoms with Crippen LogP contribution in [0.15, 0.2) is 18.2 Å². The molecule has 0 fully saturated rings. The zero-order valence-corrected chi connectivity index (χ0v) is 10.7. The number of esters is 1. The Bertz CT molecular complexity index is 471. The average Bonchev–Trinajstić information content (AvgIpc) is 2.51. The smallest absolute Gasteiger partial charge is 0.341 e. The van der Waals surface area contributed by atoms with Gasteiger partial charge in [-0.3, -0.25) is 0 Å². The number of carbonyl (C=O) groups excluding carboxylic acids is 1. The van der Waals surface area contributed by atoms with E-state index in [9.17, 15) is 9.90 Å². The molecule has 1 aromatic rings. The molecule has 0 amide bonds. The Morgan fingerprint density at radius 1 is 1.35 bits per heavy atom. The zero-order chi connectivity index (χ0) is 12.8. The van der Waals surface area contributed by atoms with Gasteiger partial charge in [0.1, 0.15) is 0 Å². The second-order valence-electron chi connectivity index (χ2n) is 5.52. The van der Waals surface area contributed by atoms with Gasteiger partial charge in [0.05, 0.1) is 5.56 Å². The predicted octanol–water partition coefficient (Wildman–Crippen LogP) is 2.61. The summed E-state index contributed by atoms with van der Waals surface area (Å²) >= 11 is 0. The van der Waals surface area contributed by atoms with Crippen molar-refractivity contribution in [1.29, 1.82) is 0 Å². The molecule has 1 aliphatic heterocycles. The molecule has 0 spiro atoms. The largest absolute Gasteiger partial charge is 0.425 e. The fourth-order valence-corrected chi connectivity index (χ4v) is 2.07. The minimum atomic E-state index is -1.52. The lowest BCUT2D eigenvalue weighted by molar-refractivity contribution is -0.228. The third-order valence-electron chi connectivity index (χ3n) is 3.33. The van der Waals surface area contributed by atoms with Gasteiger partial charge in [0.15, 0.2) is 0 Å². The van der Waals surface area contributed by atoms with Gasteiger partial charge in [-0.1, -0.05) is 33.8 Å². The van der Waals surface area contributed by atoms with Gasteiger partial charge in [-0.15, -0.1) is 0 Å². The SMILES string of the molecule is CCc1ccc2c(c1)C(O)(C(C)(C)C)OC2=O. The number of aliphatic hydroxyl groups is 1. The van der Waals surface area contributed by atoms with E-state index >= 15 is 0 Å². The Hall–Kier alpha value is -1.35. The molecule has 1 aromatic carbocycles. The van der Waals surface area contributed by atoms with Crippen LogP contribution in [-0.4, -0.2) is 11.1 Å². The molecule has 2 rings (SSSR count). The molecule has 1 atom stereocenters. The van der Waals surface area contributed by atoms with Crippen molar-refractivity contribution in [2.45, 2.75) is 39.9 Å². The Labute approximate surface area is 101 Å². The summed E-state index contributed by atoms with van der Waals surface area (Å²) in [5.74, 6) is -1.97. The summed E-state index contributed by atoms with van der Waals surface area (Å²) in [6.45, 7) is 7.60. The van der Waals surface area contributed by atoms with E-state index in [0.717, 1.165) is 12.0 Å². The van der Waals surface area contributed by atoms with Crippen molar-refractivity contribution in [3.8, 4) is 0 Å². The molecule has 17 heavy (non-hydrogen) atoms. The lowest BCUT2D eigenvalue weighted by Gasteiger charge is -2.35. The Balaban J connectivity index is 2.63. The minimum Gasteiger partial charge on any atom is -0.425 e. The van der Waals surface area contributed by atoms with Gasteiger partial charge in [0, 0.05) is 11.0 Å². The molecule has 3 nitrogen and oxygen atoms in total. The van der Waals surface area contributed by atoms with Gasteiger partial charge in [-0.2, -0.15) is 0 Å². The quantitative estimate of drug-likeness (QED) is 0.760. The van der Waals surface area contributed by atoms with E-state index in [1.807, 2.05) is 39.8 Å². The van der Waals surface area contributed by atoms with Gasteiger partial charge in [0.2, 0.25) is 5.79 Å². The Kier molecular flexibility index (Phi) is 2.54. The van der Waals surface area contributed by atoms with Crippen LogP contribution in [0.5, 0.6) is 0 Å². The highest BCUT2D eigenvalue weighted by atomic mass is 16.7. The van der Waals surface area contributed by atoms with Crippen molar-refractivity contribution < 1.29 is 14.6 Å². The first-order valence-electron chi connectivity index (χ1n) is 5.88. The standard InChI is InChI=1S/C14H18O3/c1-5-9-6-7-10-11(8-9)14(16,13(2,3)4)17-12(10)15/h6-8,16H,5H2,1-4H3. The average molecular weight is 234 g/mol. The van der Waals surface area contributed by atoms with Crippen LogP contribution in [0.1, 0.15) is 49.2 Å². The highest BCUT2D eigenvalue weighted by Gasteiger charge is 2.52. The number of cyclic esters (lactones) is 1. The molecular formula is C14H18O3. The highest BCUT2D eigenvalue weighted by Crippen LogP contribution is 2.46. The number of hydrogen-bond acceptors (Lipinski definition) is 3. The summed E-state index contributed by atoms with van der Waals surface area (Å²) in [6, 6.07) is 5.50. The second kappa shape index (κ2) is 3.57.